The molecule has 0 unspecified atom stereocenters. The van der Waals surface area contributed by atoms with Crippen molar-refractivity contribution in [1.82, 2.24) is 14.9 Å². The summed E-state index contributed by atoms with van der Waals surface area (Å²) in [6, 6.07) is 8.23. The van der Waals surface area contributed by atoms with Crippen molar-refractivity contribution in [3.8, 4) is 0 Å². The van der Waals surface area contributed by atoms with Crippen molar-refractivity contribution in [2.24, 2.45) is 13.0 Å². The van der Waals surface area contributed by atoms with Crippen molar-refractivity contribution in [2.45, 2.75) is 58.5 Å². The predicted molar refractivity (Wildman–Crippen MR) is 121 cm³/mol. The molecule has 0 spiro atoms. The maximum Gasteiger partial charge on any atom is 0.257 e. The molecule has 1 aromatic heterocycles. The Morgan fingerprint density at radius 3 is 2.69 bits per heavy atom. The molecule has 29 heavy (non-hydrogen) atoms. The summed E-state index contributed by atoms with van der Waals surface area (Å²) < 4.78 is 1.65. The smallest absolute Gasteiger partial charge is 0.257 e. The largest absolute Gasteiger partial charge is 0.356 e. The summed E-state index contributed by atoms with van der Waals surface area (Å²) in [6.07, 6.45) is 2.91. The molecular weight excluding hydrogens is 382 g/mol. The van der Waals surface area contributed by atoms with Crippen LogP contribution in [0.2, 0.25) is 0 Å². The van der Waals surface area contributed by atoms with Gasteiger partial charge in [0.15, 0.2) is 5.16 Å². The van der Waals surface area contributed by atoms with Crippen molar-refractivity contribution >= 4 is 17.7 Å². The molecule has 0 bridgehead atoms. The van der Waals surface area contributed by atoms with Gasteiger partial charge < -0.3 is 5.32 Å². The lowest BCUT2D eigenvalue weighted by molar-refractivity contribution is -0.121. The van der Waals surface area contributed by atoms with Crippen molar-refractivity contribution in [3.63, 3.8) is 0 Å². The van der Waals surface area contributed by atoms with E-state index in [0.29, 0.717) is 18.8 Å². The molecule has 0 aliphatic heterocycles. The van der Waals surface area contributed by atoms with E-state index in [1.54, 1.807) is 23.4 Å². The summed E-state index contributed by atoms with van der Waals surface area (Å²) >= 11 is 1.58. The molecule has 1 aromatic carbocycles. The van der Waals surface area contributed by atoms with Crippen molar-refractivity contribution < 1.29 is 4.79 Å². The molecule has 6 heteroatoms. The van der Waals surface area contributed by atoms with E-state index in [1.807, 2.05) is 19.1 Å². The van der Waals surface area contributed by atoms with Gasteiger partial charge >= 0.3 is 0 Å². The molecule has 5 nitrogen and oxygen atoms in total. The Hall–Kier alpha value is -2.08. The Morgan fingerprint density at radius 2 is 2.00 bits per heavy atom. The van der Waals surface area contributed by atoms with Crippen LogP contribution in [0.3, 0.4) is 0 Å². The number of aryl methyl sites for hydroxylation is 2. The molecule has 0 fully saturated rings. The summed E-state index contributed by atoms with van der Waals surface area (Å²) in [5.74, 6) is 1.43. The molecule has 1 heterocycles. The van der Waals surface area contributed by atoms with Crippen LogP contribution in [0.1, 0.15) is 55.5 Å². The molecule has 0 radical (unpaired) electrons. The summed E-state index contributed by atoms with van der Waals surface area (Å²) in [7, 11) is 1.79. The first-order valence-corrected chi connectivity index (χ1v) is 11.3. The Labute approximate surface area is 178 Å². The number of nitrogens with one attached hydrogen (secondary N) is 1. The first-order chi connectivity index (χ1) is 13.8. The second-order valence-corrected chi connectivity index (χ2v) is 9.05. The standard InChI is InChI=1S/C23H33N3O2S/c1-16(2)15-24-21(27)11-6-7-12-29-23-25-18(4)20(22(28)26(23)5)14-19-10-8-9-17(3)13-19/h8-10,13,16H,6-7,11-12,14-15H2,1-5H3,(H,24,27). The number of unbranched alkanes of at least 4 members (excludes halogenated alkanes) is 1. The lowest BCUT2D eigenvalue weighted by Gasteiger charge is -2.12. The van der Waals surface area contributed by atoms with E-state index in [0.717, 1.165) is 47.1 Å². The third kappa shape index (κ3) is 7.35. The molecular formula is C23H33N3O2S. The van der Waals surface area contributed by atoms with Crippen molar-refractivity contribution in [2.75, 3.05) is 12.3 Å². The second-order valence-electron chi connectivity index (χ2n) is 7.99. The topological polar surface area (TPSA) is 64.0 Å². The second kappa shape index (κ2) is 11.2. The molecule has 158 valence electrons. The van der Waals surface area contributed by atoms with Gasteiger partial charge in [0, 0.05) is 43.4 Å². The van der Waals surface area contributed by atoms with Crippen LogP contribution >= 0.6 is 11.8 Å². The minimum absolute atomic E-state index is 0.0227. The third-order valence-electron chi connectivity index (χ3n) is 4.75. The van der Waals surface area contributed by atoms with Crippen LogP contribution < -0.4 is 10.9 Å². The van der Waals surface area contributed by atoms with Crippen LogP contribution in [0.15, 0.2) is 34.2 Å². The van der Waals surface area contributed by atoms with Gasteiger partial charge in [0.05, 0.1) is 0 Å². The summed E-state index contributed by atoms with van der Waals surface area (Å²) in [4.78, 5) is 29.3. The lowest BCUT2D eigenvalue weighted by Crippen LogP contribution is -2.27. The molecule has 1 amide bonds. The number of hydrogen-bond acceptors (Lipinski definition) is 4. The van der Waals surface area contributed by atoms with E-state index in [4.69, 9.17) is 0 Å². The first-order valence-electron chi connectivity index (χ1n) is 10.3. The Kier molecular flexibility index (Phi) is 8.96. The highest BCUT2D eigenvalue weighted by Gasteiger charge is 2.13. The average molecular weight is 416 g/mol. The fourth-order valence-corrected chi connectivity index (χ4v) is 4.06. The fourth-order valence-electron chi connectivity index (χ4n) is 3.05. The highest BCUT2D eigenvalue weighted by molar-refractivity contribution is 7.99. The maximum absolute atomic E-state index is 12.9. The van der Waals surface area contributed by atoms with Crippen LogP contribution in [0.5, 0.6) is 0 Å². The minimum Gasteiger partial charge on any atom is -0.356 e. The molecule has 2 aromatic rings. The van der Waals surface area contributed by atoms with Gasteiger partial charge in [-0.15, -0.1) is 0 Å². The maximum atomic E-state index is 12.9. The Morgan fingerprint density at radius 1 is 1.24 bits per heavy atom. The van der Waals surface area contributed by atoms with Gasteiger partial charge in [0.1, 0.15) is 0 Å². The number of benzene rings is 1. The van der Waals surface area contributed by atoms with Crippen LogP contribution in [-0.4, -0.2) is 27.8 Å². The van der Waals surface area contributed by atoms with Gasteiger partial charge in [-0.05, 0) is 38.2 Å². The molecule has 0 saturated carbocycles. The van der Waals surface area contributed by atoms with E-state index in [9.17, 15) is 9.59 Å². The summed E-state index contributed by atoms with van der Waals surface area (Å²) in [6.45, 7) is 8.87. The van der Waals surface area contributed by atoms with Gasteiger partial charge in [-0.2, -0.15) is 0 Å². The van der Waals surface area contributed by atoms with Gasteiger partial charge in [-0.1, -0.05) is 55.4 Å². The minimum atomic E-state index is 0.0227. The van der Waals surface area contributed by atoms with Crippen molar-refractivity contribution in [1.29, 1.82) is 0 Å². The van der Waals surface area contributed by atoms with Crippen LogP contribution in [0.4, 0.5) is 0 Å². The van der Waals surface area contributed by atoms with E-state index >= 15 is 0 Å². The van der Waals surface area contributed by atoms with E-state index in [2.05, 4.69) is 43.2 Å². The first kappa shape index (κ1) is 23.2. The van der Waals surface area contributed by atoms with Gasteiger partial charge in [-0.25, -0.2) is 4.98 Å². The zero-order valence-electron chi connectivity index (χ0n) is 18.2. The number of rotatable bonds is 10. The monoisotopic (exact) mass is 415 g/mol. The quantitative estimate of drug-likeness (QED) is 0.362. The Balaban J connectivity index is 1.91. The Bertz CT molecular complexity index is 890. The number of thioether (sulfide) groups is 1. The average Bonchev–Trinajstić information content (AvgIpc) is 2.67. The zero-order chi connectivity index (χ0) is 21.4. The molecule has 0 saturated heterocycles. The normalized spacial score (nSPS) is 11.1. The van der Waals surface area contributed by atoms with E-state index < -0.39 is 0 Å². The van der Waals surface area contributed by atoms with Crippen LogP contribution in [0.25, 0.3) is 0 Å². The molecule has 0 aliphatic carbocycles. The van der Waals surface area contributed by atoms with E-state index in [1.165, 1.54) is 5.56 Å². The predicted octanol–water partition coefficient (Wildman–Crippen LogP) is 4.02. The lowest BCUT2D eigenvalue weighted by atomic mass is 10.0. The SMILES string of the molecule is Cc1cccc(Cc2c(C)nc(SCCCCC(=O)NCC(C)C)n(C)c2=O)c1. The zero-order valence-corrected chi connectivity index (χ0v) is 19.1. The van der Waals surface area contributed by atoms with Crippen molar-refractivity contribution in [3.05, 3.63) is 57.0 Å². The van der Waals surface area contributed by atoms with Crippen LogP contribution in [-0.2, 0) is 18.3 Å². The van der Waals surface area contributed by atoms with Gasteiger partial charge in [0.2, 0.25) is 5.91 Å². The molecule has 1 N–H and O–H groups in total. The fraction of sp³-hybridized carbons (Fsp3) is 0.522. The molecule has 0 atom stereocenters. The van der Waals surface area contributed by atoms with Gasteiger partial charge in [0.25, 0.3) is 5.56 Å². The summed E-state index contributed by atoms with van der Waals surface area (Å²) in [5, 5.41) is 3.68. The number of carbonyl (C=O) groups is 1. The number of amides is 1. The number of aromatic nitrogens is 2. The molecule has 2 rings (SSSR count). The molecule has 0 aliphatic rings. The number of hydrogen-bond donors (Lipinski definition) is 1. The van der Waals surface area contributed by atoms with Crippen LogP contribution in [0, 0.1) is 19.8 Å². The summed E-state index contributed by atoms with van der Waals surface area (Å²) in [5.41, 5.74) is 3.89. The number of carbonyl (C=O) groups excluding carboxylic acids is 1. The number of nitrogens with zero attached hydrogens (tertiary/aromatic N) is 2. The third-order valence-corrected chi connectivity index (χ3v) is 5.87. The highest BCUT2D eigenvalue weighted by Crippen LogP contribution is 2.18. The van der Waals surface area contributed by atoms with Gasteiger partial charge in [-0.3, -0.25) is 14.2 Å². The highest BCUT2D eigenvalue weighted by atomic mass is 32.2. The van der Waals surface area contributed by atoms with E-state index in [-0.39, 0.29) is 11.5 Å².